The van der Waals surface area contributed by atoms with E-state index in [1.165, 1.54) is 10.6 Å². The molecule has 1 unspecified atom stereocenters. The maximum Gasteiger partial charge on any atom is 0.433 e. The van der Waals surface area contributed by atoms with Gasteiger partial charge in [0.2, 0.25) is 0 Å². The molecule has 0 amide bonds. The molecule has 38 heavy (non-hydrogen) atoms. The molecule has 0 bridgehead atoms. The van der Waals surface area contributed by atoms with Crippen LogP contribution in [-0.4, -0.2) is 43.2 Å². The summed E-state index contributed by atoms with van der Waals surface area (Å²) in [7, 11) is 1.63. The van der Waals surface area contributed by atoms with Crippen LogP contribution >= 0.6 is 0 Å². The van der Waals surface area contributed by atoms with Gasteiger partial charge in [-0.15, -0.1) is 0 Å². The first-order valence-electron chi connectivity index (χ1n) is 12.1. The summed E-state index contributed by atoms with van der Waals surface area (Å²) in [6, 6.07) is 7.79. The number of rotatable bonds is 3. The van der Waals surface area contributed by atoms with Gasteiger partial charge in [-0.05, 0) is 63.6 Å². The molecule has 11 heteroatoms. The van der Waals surface area contributed by atoms with E-state index in [0.717, 1.165) is 23.5 Å². The molecule has 1 saturated heterocycles. The van der Waals surface area contributed by atoms with Crippen molar-refractivity contribution < 1.29 is 17.9 Å². The Hall–Kier alpha value is -3.86. The molecule has 0 radical (unpaired) electrons. The minimum Gasteiger partial charge on any atom is -0.364 e. The lowest BCUT2D eigenvalue weighted by Gasteiger charge is -2.43. The fraction of sp³-hybridized carbons (Fsp3) is 0.370. The average Bonchev–Trinajstić information content (AvgIpc) is 2.85. The molecular weight excluding hydrogens is 497 g/mol. The summed E-state index contributed by atoms with van der Waals surface area (Å²) < 4.78 is 47.3. The molecular formula is C27H27F3N6O2. The third kappa shape index (κ3) is 4.85. The molecule has 0 saturated carbocycles. The first-order chi connectivity index (χ1) is 17.8. The maximum absolute atomic E-state index is 13.3. The van der Waals surface area contributed by atoms with E-state index in [9.17, 15) is 18.0 Å². The van der Waals surface area contributed by atoms with Gasteiger partial charge in [-0.3, -0.25) is 19.3 Å². The zero-order chi connectivity index (χ0) is 27.4. The summed E-state index contributed by atoms with van der Waals surface area (Å²) in [4.78, 5) is 32.6. The Bertz CT molecular complexity index is 1580. The third-order valence-electron chi connectivity index (χ3n) is 6.64. The third-order valence-corrected chi connectivity index (χ3v) is 6.64. The van der Waals surface area contributed by atoms with Gasteiger partial charge >= 0.3 is 6.18 Å². The van der Waals surface area contributed by atoms with Crippen LogP contribution in [0.1, 0.15) is 42.7 Å². The second-order valence-corrected chi connectivity index (χ2v) is 10.2. The SMILES string of the molecule is Cc1cc(C2CN(c3cc4c(=O)n(C)c(C)nc4c(-c4ccc(C(F)(F)F)nc4)n3)CC(C)(C)O2)ccn1. The molecule has 0 N–H and O–H groups in total. The number of nitrogens with zero attached hydrogens (tertiary/aromatic N) is 6. The maximum atomic E-state index is 13.3. The number of aryl methyl sites for hydroxylation is 2. The summed E-state index contributed by atoms with van der Waals surface area (Å²) in [5.41, 5.74) is 0.939. The zero-order valence-corrected chi connectivity index (χ0v) is 21.7. The number of ether oxygens (including phenoxy) is 1. The van der Waals surface area contributed by atoms with Crippen molar-refractivity contribution in [3.05, 3.63) is 75.9 Å². The average molecular weight is 525 g/mol. The zero-order valence-electron chi connectivity index (χ0n) is 21.7. The van der Waals surface area contributed by atoms with E-state index in [1.807, 2.05) is 37.8 Å². The number of hydrogen-bond donors (Lipinski definition) is 0. The number of fused-ring (bicyclic) bond motifs is 1. The van der Waals surface area contributed by atoms with Crippen molar-refractivity contribution in [2.75, 3.05) is 18.0 Å². The quantitative estimate of drug-likeness (QED) is 0.381. The number of morpholine rings is 1. The summed E-state index contributed by atoms with van der Waals surface area (Å²) in [6.07, 6.45) is -2.00. The Morgan fingerprint density at radius 3 is 2.50 bits per heavy atom. The second kappa shape index (κ2) is 9.16. The Kier molecular flexibility index (Phi) is 6.21. The van der Waals surface area contributed by atoms with Gasteiger partial charge in [0, 0.05) is 43.8 Å². The van der Waals surface area contributed by atoms with E-state index in [1.54, 1.807) is 26.2 Å². The van der Waals surface area contributed by atoms with Gasteiger partial charge in [0.25, 0.3) is 5.56 Å². The highest BCUT2D eigenvalue weighted by Gasteiger charge is 2.36. The van der Waals surface area contributed by atoms with Gasteiger partial charge in [-0.1, -0.05) is 0 Å². The van der Waals surface area contributed by atoms with Gasteiger partial charge in [0.15, 0.2) is 0 Å². The molecule has 1 fully saturated rings. The molecule has 1 atom stereocenters. The highest BCUT2D eigenvalue weighted by Crippen LogP contribution is 2.36. The normalized spacial score (nSPS) is 17.7. The van der Waals surface area contributed by atoms with E-state index in [-0.39, 0.29) is 11.7 Å². The number of anilines is 1. The van der Waals surface area contributed by atoms with E-state index in [4.69, 9.17) is 9.72 Å². The van der Waals surface area contributed by atoms with Crippen LogP contribution < -0.4 is 10.5 Å². The van der Waals surface area contributed by atoms with Crippen LogP contribution in [0.4, 0.5) is 19.0 Å². The van der Waals surface area contributed by atoms with Crippen LogP contribution in [0.25, 0.3) is 22.2 Å². The molecule has 0 aromatic carbocycles. The fourth-order valence-corrected chi connectivity index (χ4v) is 4.73. The lowest BCUT2D eigenvalue weighted by atomic mass is 10.0. The minimum absolute atomic E-state index is 0.272. The lowest BCUT2D eigenvalue weighted by molar-refractivity contribution is -0.141. The highest BCUT2D eigenvalue weighted by molar-refractivity contribution is 5.92. The van der Waals surface area contributed by atoms with Crippen molar-refractivity contribution in [3.8, 4) is 11.3 Å². The Morgan fingerprint density at radius 1 is 1.08 bits per heavy atom. The second-order valence-electron chi connectivity index (χ2n) is 10.2. The smallest absolute Gasteiger partial charge is 0.364 e. The summed E-state index contributed by atoms with van der Waals surface area (Å²) in [6.45, 7) is 8.49. The number of alkyl halides is 3. The first-order valence-corrected chi connectivity index (χ1v) is 12.1. The Labute approximate surface area is 217 Å². The van der Waals surface area contributed by atoms with E-state index >= 15 is 0 Å². The van der Waals surface area contributed by atoms with Gasteiger partial charge in [0.05, 0.1) is 11.0 Å². The van der Waals surface area contributed by atoms with E-state index in [0.29, 0.717) is 46.9 Å². The molecule has 8 nitrogen and oxygen atoms in total. The van der Waals surface area contributed by atoms with Crippen LogP contribution in [0, 0.1) is 13.8 Å². The van der Waals surface area contributed by atoms with Crippen molar-refractivity contribution in [1.29, 1.82) is 0 Å². The van der Waals surface area contributed by atoms with Gasteiger partial charge in [-0.2, -0.15) is 13.2 Å². The molecule has 4 aromatic rings. The van der Waals surface area contributed by atoms with E-state index < -0.39 is 17.5 Å². The monoisotopic (exact) mass is 524 g/mol. The number of pyridine rings is 3. The topological polar surface area (TPSA) is 86.0 Å². The summed E-state index contributed by atoms with van der Waals surface area (Å²) in [5, 5.41) is 0.318. The Balaban J connectivity index is 1.67. The van der Waals surface area contributed by atoms with E-state index in [2.05, 4.69) is 15.0 Å². The van der Waals surface area contributed by atoms with Crippen LogP contribution in [0.15, 0.2) is 47.5 Å². The largest absolute Gasteiger partial charge is 0.433 e. The molecule has 1 aliphatic rings. The minimum atomic E-state index is -4.57. The predicted octanol–water partition coefficient (Wildman–Crippen LogP) is 4.78. The van der Waals surface area contributed by atoms with Crippen molar-refractivity contribution in [1.82, 2.24) is 24.5 Å². The van der Waals surface area contributed by atoms with Crippen LogP contribution in [0.2, 0.25) is 0 Å². The number of aromatic nitrogens is 5. The van der Waals surface area contributed by atoms with Crippen molar-refractivity contribution in [2.24, 2.45) is 7.05 Å². The van der Waals surface area contributed by atoms with Crippen molar-refractivity contribution in [2.45, 2.75) is 45.6 Å². The molecule has 198 valence electrons. The molecule has 4 aromatic heterocycles. The molecule has 1 aliphatic heterocycles. The standard InChI is InChI=1S/C27H27F3N6O2/c1-15-10-17(8-9-31-15)20-13-36(14-26(3,4)38-20)22-11-19-24(33-16(2)35(5)25(19)37)23(34-22)18-6-7-21(32-12-18)27(28,29)30/h6-12,20H,13-14H2,1-5H3. The summed E-state index contributed by atoms with van der Waals surface area (Å²) >= 11 is 0. The van der Waals surface area contributed by atoms with Crippen molar-refractivity contribution >= 4 is 16.7 Å². The van der Waals surface area contributed by atoms with Gasteiger partial charge in [-0.25, -0.2) is 9.97 Å². The van der Waals surface area contributed by atoms with Crippen LogP contribution in [-0.2, 0) is 18.0 Å². The fourth-order valence-electron chi connectivity index (χ4n) is 4.73. The van der Waals surface area contributed by atoms with Gasteiger partial charge < -0.3 is 9.64 Å². The molecule has 0 aliphatic carbocycles. The molecule has 0 spiro atoms. The lowest BCUT2D eigenvalue weighted by Crippen LogP contribution is -2.50. The van der Waals surface area contributed by atoms with Crippen molar-refractivity contribution in [3.63, 3.8) is 0 Å². The Morgan fingerprint density at radius 2 is 1.84 bits per heavy atom. The van der Waals surface area contributed by atoms with Gasteiger partial charge in [0.1, 0.15) is 34.7 Å². The summed E-state index contributed by atoms with van der Waals surface area (Å²) in [5.74, 6) is 0.959. The highest BCUT2D eigenvalue weighted by atomic mass is 19.4. The number of hydrogen-bond acceptors (Lipinski definition) is 7. The van der Waals surface area contributed by atoms with Crippen LogP contribution in [0.3, 0.4) is 0 Å². The molecule has 5 heterocycles. The van der Waals surface area contributed by atoms with Crippen LogP contribution in [0.5, 0.6) is 0 Å². The number of halogens is 3. The predicted molar refractivity (Wildman–Crippen MR) is 137 cm³/mol. The molecule has 5 rings (SSSR count). The first kappa shape index (κ1) is 25.8.